The smallest absolute Gasteiger partial charge is 0.238 e. The summed E-state index contributed by atoms with van der Waals surface area (Å²) in [6.07, 6.45) is 0. The van der Waals surface area contributed by atoms with Gasteiger partial charge < -0.3 is 0 Å². The van der Waals surface area contributed by atoms with Gasteiger partial charge in [-0.15, -0.1) is 0 Å². The van der Waals surface area contributed by atoms with Crippen LogP contribution in [0.25, 0.3) is 112 Å². The van der Waals surface area contributed by atoms with Crippen molar-refractivity contribution in [2.75, 3.05) is 0 Å². The molecule has 65 heavy (non-hydrogen) atoms. The third-order valence-corrected chi connectivity index (χ3v) is 13.6. The molecule has 8 heteroatoms. The highest BCUT2D eigenvalue weighted by atomic mass is 15.3. The lowest BCUT2D eigenvalue weighted by molar-refractivity contribution is 0.660. The molecule has 5 heterocycles. The van der Waals surface area contributed by atoms with Crippen LogP contribution >= 0.6 is 0 Å². The maximum atomic E-state index is 5.28. The average Bonchev–Trinajstić information content (AvgIpc) is 4.14. The summed E-state index contributed by atoms with van der Waals surface area (Å²) in [5.41, 5.74) is 20.3. The predicted molar refractivity (Wildman–Crippen MR) is 262 cm³/mol. The highest BCUT2D eigenvalue weighted by Gasteiger charge is 2.35. The minimum atomic E-state index is -0.126. The van der Waals surface area contributed by atoms with Gasteiger partial charge in [0.2, 0.25) is 17.5 Å². The van der Waals surface area contributed by atoms with Gasteiger partial charge in [0.1, 0.15) is 0 Å². The van der Waals surface area contributed by atoms with Crippen molar-refractivity contribution in [2.45, 2.75) is 19.3 Å². The molecule has 0 N–H and O–H groups in total. The van der Waals surface area contributed by atoms with Crippen molar-refractivity contribution in [1.82, 2.24) is 37.9 Å². The lowest BCUT2D eigenvalue weighted by Crippen LogP contribution is -2.15. The largest absolute Gasteiger partial charge is 0.278 e. The van der Waals surface area contributed by atoms with Crippen molar-refractivity contribution in [3.05, 3.63) is 205 Å². The van der Waals surface area contributed by atoms with Gasteiger partial charge in [-0.3, -0.25) is 13.4 Å². The van der Waals surface area contributed by atoms with Crippen LogP contribution in [0.3, 0.4) is 0 Å². The molecule has 0 unspecified atom stereocenters. The lowest BCUT2D eigenvalue weighted by Gasteiger charge is -2.22. The minimum absolute atomic E-state index is 0.126. The molecule has 5 aromatic heterocycles. The molecule has 0 atom stereocenters. The van der Waals surface area contributed by atoms with Gasteiger partial charge in [0.05, 0.1) is 55.5 Å². The number of para-hydroxylation sites is 4. The van der Waals surface area contributed by atoms with Gasteiger partial charge in [0.15, 0.2) is 0 Å². The van der Waals surface area contributed by atoms with Gasteiger partial charge in [0, 0.05) is 22.2 Å². The molecule has 1 aliphatic rings. The molecule has 13 aromatic rings. The van der Waals surface area contributed by atoms with Crippen molar-refractivity contribution >= 4 is 55.7 Å². The predicted octanol–water partition coefficient (Wildman–Crippen LogP) is 13.3. The van der Waals surface area contributed by atoms with E-state index in [0.717, 1.165) is 95.0 Å². The molecule has 0 spiro atoms. The molecule has 8 nitrogen and oxygen atoms in total. The summed E-state index contributed by atoms with van der Waals surface area (Å²) in [5, 5.41) is 0. The van der Waals surface area contributed by atoms with Crippen molar-refractivity contribution in [3.8, 4) is 56.4 Å². The number of rotatable bonds is 5. The Hall–Kier alpha value is -8.62. The van der Waals surface area contributed by atoms with Crippen LogP contribution in [0.1, 0.15) is 25.0 Å². The third kappa shape index (κ3) is 5.13. The monoisotopic (exact) mass is 834 g/mol. The van der Waals surface area contributed by atoms with E-state index in [1.165, 1.54) is 22.3 Å². The fraction of sp³-hybridized carbons (Fsp3) is 0.0526. The first kappa shape index (κ1) is 35.9. The van der Waals surface area contributed by atoms with Crippen LogP contribution in [0.5, 0.6) is 0 Å². The van der Waals surface area contributed by atoms with Crippen LogP contribution in [-0.2, 0) is 5.41 Å². The van der Waals surface area contributed by atoms with Gasteiger partial charge in [0.25, 0.3) is 0 Å². The SMILES string of the molecule is CC1(C)c2ccccc2-c2ccc(-n3c4ccc(-c5ccc6c(c5)n5c7ccccc7nc5n6-c5nc(-c6ccccc6)cc(-c6ccccc6)n5)cc4n4c5ccccc5nc34)cc21. The van der Waals surface area contributed by atoms with E-state index in [2.05, 4.69) is 183 Å². The molecule has 14 rings (SSSR count). The highest BCUT2D eigenvalue weighted by molar-refractivity contribution is 5.97. The molecular weight excluding hydrogens is 797 g/mol. The Morgan fingerprint density at radius 1 is 0.354 bits per heavy atom. The number of hydrogen-bond acceptors (Lipinski definition) is 4. The Kier molecular flexibility index (Phi) is 7.30. The van der Waals surface area contributed by atoms with E-state index >= 15 is 0 Å². The zero-order valence-corrected chi connectivity index (χ0v) is 35.6. The lowest BCUT2D eigenvalue weighted by atomic mass is 9.82. The van der Waals surface area contributed by atoms with Crippen molar-refractivity contribution < 1.29 is 0 Å². The second-order valence-electron chi connectivity index (χ2n) is 17.6. The van der Waals surface area contributed by atoms with Crippen molar-refractivity contribution in [3.63, 3.8) is 0 Å². The molecule has 0 bridgehead atoms. The van der Waals surface area contributed by atoms with Crippen molar-refractivity contribution in [2.24, 2.45) is 0 Å². The van der Waals surface area contributed by atoms with Crippen LogP contribution in [0.2, 0.25) is 0 Å². The zero-order valence-electron chi connectivity index (χ0n) is 35.6. The summed E-state index contributed by atoms with van der Waals surface area (Å²) in [6, 6.07) is 68.7. The van der Waals surface area contributed by atoms with E-state index < -0.39 is 0 Å². The van der Waals surface area contributed by atoms with E-state index in [1.54, 1.807) is 0 Å². The number of benzene rings is 8. The first-order valence-corrected chi connectivity index (χ1v) is 22.1. The van der Waals surface area contributed by atoms with E-state index in [9.17, 15) is 0 Å². The molecular formula is C57H38N8. The van der Waals surface area contributed by atoms with Gasteiger partial charge >= 0.3 is 0 Å². The summed E-state index contributed by atoms with van der Waals surface area (Å²) in [6.45, 7) is 4.67. The molecule has 306 valence electrons. The van der Waals surface area contributed by atoms with Gasteiger partial charge in [-0.1, -0.05) is 141 Å². The number of hydrogen-bond donors (Lipinski definition) is 0. The second-order valence-corrected chi connectivity index (χ2v) is 17.6. The Balaban J connectivity index is 0.980. The molecule has 8 aromatic carbocycles. The van der Waals surface area contributed by atoms with E-state index in [-0.39, 0.29) is 5.41 Å². The van der Waals surface area contributed by atoms with Crippen LogP contribution in [0.4, 0.5) is 0 Å². The van der Waals surface area contributed by atoms with Crippen LogP contribution < -0.4 is 0 Å². The normalized spacial score (nSPS) is 13.2. The van der Waals surface area contributed by atoms with Gasteiger partial charge in [-0.2, -0.15) is 0 Å². The molecule has 0 aliphatic heterocycles. The summed E-state index contributed by atoms with van der Waals surface area (Å²) < 4.78 is 9.01. The van der Waals surface area contributed by atoms with Gasteiger partial charge in [-0.05, 0) is 100 Å². The molecule has 0 radical (unpaired) electrons. The molecule has 0 saturated carbocycles. The molecule has 1 aliphatic carbocycles. The Morgan fingerprint density at radius 3 is 1.48 bits per heavy atom. The Bertz CT molecular complexity index is 4030. The number of aromatic nitrogens is 8. The summed E-state index contributed by atoms with van der Waals surface area (Å²) >= 11 is 0. The summed E-state index contributed by atoms with van der Waals surface area (Å²) in [4.78, 5) is 21.0. The number of fused-ring (bicyclic) bond motifs is 13. The Morgan fingerprint density at radius 2 is 0.862 bits per heavy atom. The number of nitrogens with zero attached hydrogens (tertiary/aromatic N) is 8. The first-order valence-electron chi connectivity index (χ1n) is 22.1. The quantitative estimate of drug-likeness (QED) is 0.173. The third-order valence-electron chi connectivity index (χ3n) is 13.6. The van der Waals surface area contributed by atoms with E-state index in [0.29, 0.717) is 5.95 Å². The molecule has 0 fully saturated rings. The topological polar surface area (TPSA) is 70.2 Å². The van der Waals surface area contributed by atoms with Gasteiger partial charge in [-0.25, -0.2) is 24.5 Å². The molecule has 0 amide bonds. The standard InChI is InChI=1S/C57H38N8/c1-57(2)42-20-10-9-19-40(42)41-28-27-39(33-43(41)57)62-50-29-25-37(31-52(50)63-48-23-13-11-21-44(48)60-55(62)63)38-26-30-51-53(32-38)64-49-24-14-12-22-45(49)61-56(64)65(51)54-58-46(35-15-5-3-6-16-35)34-47(59-54)36-17-7-4-8-18-36/h3-34H,1-2H3. The maximum Gasteiger partial charge on any atom is 0.238 e. The highest BCUT2D eigenvalue weighted by Crippen LogP contribution is 2.49. The summed E-state index contributed by atoms with van der Waals surface area (Å²) in [7, 11) is 0. The van der Waals surface area contributed by atoms with Crippen LogP contribution in [0.15, 0.2) is 194 Å². The minimum Gasteiger partial charge on any atom is -0.278 e. The Labute approximate surface area is 373 Å². The first-order chi connectivity index (χ1) is 32.0. The number of imidazole rings is 4. The fourth-order valence-corrected chi connectivity index (χ4v) is 10.5. The van der Waals surface area contributed by atoms with Crippen molar-refractivity contribution in [1.29, 1.82) is 0 Å². The summed E-state index contributed by atoms with van der Waals surface area (Å²) in [5.74, 6) is 2.20. The van der Waals surface area contributed by atoms with Crippen LogP contribution in [0, 0.1) is 0 Å². The average molecular weight is 835 g/mol. The zero-order chi connectivity index (χ0) is 43.0. The van der Waals surface area contributed by atoms with Crippen LogP contribution in [-0.4, -0.2) is 37.9 Å². The molecule has 0 saturated heterocycles. The maximum absolute atomic E-state index is 5.28. The van der Waals surface area contributed by atoms with E-state index in [1.807, 2.05) is 42.5 Å². The van der Waals surface area contributed by atoms with E-state index in [4.69, 9.17) is 19.9 Å². The second kappa shape index (κ2) is 13.2. The fourth-order valence-electron chi connectivity index (χ4n) is 10.5.